The molecule has 0 N–H and O–H groups in total. The Labute approximate surface area is 169 Å². The molecule has 27 heavy (non-hydrogen) atoms. The third-order valence-electron chi connectivity index (χ3n) is 4.96. The van der Waals surface area contributed by atoms with E-state index in [9.17, 15) is 5.26 Å². The third-order valence-corrected chi connectivity index (χ3v) is 5.21. The van der Waals surface area contributed by atoms with Crippen LogP contribution in [0.5, 0.6) is 0 Å². The molecule has 3 aromatic rings. The molecular formula is C21H19Cl2N3O. The fourth-order valence-corrected chi connectivity index (χ4v) is 3.82. The van der Waals surface area contributed by atoms with Crippen LogP contribution in [0.3, 0.4) is 0 Å². The number of imidazole rings is 1. The van der Waals surface area contributed by atoms with Gasteiger partial charge >= 0.3 is 0 Å². The van der Waals surface area contributed by atoms with E-state index < -0.39 is 5.60 Å². The first kappa shape index (κ1) is 19.4. The number of ether oxygens (including phenoxy) is 1. The van der Waals surface area contributed by atoms with Crippen molar-refractivity contribution in [3.8, 4) is 6.07 Å². The summed E-state index contributed by atoms with van der Waals surface area (Å²) in [6.07, 6.45) is 7.37. The molecule has 0 saturated carbocycles. The van der Waals surface area contributed by atoms with Crippen LogP contribution in [-0.4, -0.2) is 9.55 Å². The molecule has 6 heteroatoms. The quantitative estimate of drug-likeness (QED) is 0.600. The van der Waals surface area contributed by atoms with Gasteiger partial charge in [0.25, 0.3) is 0 Å². The number of hydrogen-bond acceptors (Lipinski definition) is 3. The smallest absolute Gasteiger partial charge is 0.119 e. The molecule has 0 aliphatic carbocycles. The summed E-state index contributed by atoms with van der Waals surface area (Å²) in [6.45, 7) is 1.39. The molecule has 2 aromatic carbocycles. The van der Waals surface area contributed by atoms with Gasteiger partial charge < -0.3 is 9.30 Å². The molecule has 1 aliphatic rings. The van der Waals surface area contributed by atoms with Crippen molar-refractivity contribution in [1.82, 2.24) is 9.55 Å². The molecule has 138 valence electrons. The van der Waals surface area contributed by atoms with Crippen molar-refractivity contribution in [2.24, 2.45) is 0 Å². The van der Waals surface area contributed by atoms with Crippen LogP contribution in [0.25, 0.3) is 0 Å². The molecule has 0 radical (unpaired) electrons. The predicted molar refractivity (Wildman–Crippen MR) is 107 cm³/mol. The van der Waals surface area contributed by atoms with Gasteiger partial charge in [-0.25, -0.2) is 4.98 Å². The van der Waals surface area contributed by atoms with Crippen molar-refractivity contribution in [2.45, 2.75) is 31.6 Å². The molecule has 1 atom stereocenters. The van der Waals surface area contributed by atoms with Crippen molar-refractivity contribution in [3.63, 3.8) is 0 Å². The van der Waals surface area contributed by atoms with E-state index in [4.69, 9.17) is 16.3 Å². The largest absolute Gasteiger partial charge is 0.361 e. The number of aryl methyl sites for hydroxylation is 1. The van der Waals surface area contributed by atoms with Gasteiger partial charge in [0.15, 0.2) is 0 Å². The standard InChI is InChI=1S/C21H18ClN3O.ClH/c22-19-5-3-18(4-6-19)21(8-1-10-25-11-9-24-15-25)20-7-2-16(13-23)12-17(20)14-26-21;/h2-7,9,11-12,15H,1,8,10,14H2;1H. The number of hydrogen-bond donors (Lipinski definition) is 0. The summed E-state index contributed by atoms with van der Waals surface area (Å²) in [5.74, 6) is 0. The minimum absolute atomic E-state index is 0. The van der Waals surface area contributed by atoms with Crippen LogP contribution in [0.2, 0.25) is 5.02 Å². The fraction of sp³-hybridized carbons (Fsp3) is 0.238. The third kappa shape index (κ3) is 3.72. The highest BCUT2D eigenvalue weighted by molar-refractivity contribution is 6.30. The van der Waals surface area contributed by atoms with E-state index in [1.165, 1.54) is 0 Å². The van der Waals surface area contributed by atoms with Gasteiger partial charge in [-0.2, -0.15) is 5.26 Å². The highest BCUT2D eigenvalue weighted by atomic mass is 35.5. The lowest BCUT2D eigenvalue weighted by atomic mass is 9.81. The molecule has 4 rings (SSSR count). The predicted octanol–water partition coefficient (Wildman–Crippen LogP) is 5.08. The first-order chi connectivity index (χ1) is 12.7. The second-order valence-electron chi connectivity index (χ2n) is 6.51. The van der Waals surface area contributed by atoms with Crippen LogP contribution in [0, 0.1) is 11.3 Å². The number of nitriles is 1. The maximum Gasteiger partial charge on any atom is 0.119 e. The van der Waals surface area contributed by atoms with E-state index in [2.05, 4.69) is 15.6 Å². The Hall–Kier alpha value is -2.32. The maximum absolute atomic E-state index is 9.18. The molecule has 0 amide bonds. The summed E-state index contributed by atoms with van der Waals surface area (Å²) in [7, 11) is 0. The summed E-state index contributed by atoms with van der Waals surface area (Å²) in [4.78, 5) is 4.10. The molecule has 1 aromatic heterocycles. The van der Waals surface area contributed by atoms with Gasteiger partial charge in [-0.05, 0) is 53.8 Å². The van der Waals surface area contributed by atoms with Crippen molar-refractivity contribution in [2.75, 3.05) is 0 Å². The van der Waals surface area contributed by atoms with Crippen molar-refractivity contribution >= 4 is 24.0 Å². The van der Waals surface area contributed by atoms with E-state index in [1.54, 1.807) is 6.20 Å². The number of rotatable bonds is 5. The first-order valence-corrected chi connectivity index (χ1v) is 8.98. The highest BCUT2D eigenvalue weighted by Gasteiger charge is 2.41. The van der Waals surface area contributed by atoms with Crippen molar-refractivity contribution < 1.29 is 4.74 Å². The van der Waals surface area contributed by atoms with Crippen LogP contribution in [0.1, 0.15) is 35.1 Å². The van der Waals surface area contributed by atoms with E-state index >= 15 is 0 Å². The lowest BCUT2D eigenvalue weighted by molar-refractivity contribution is -0.0137. The SMILES string of the molecule is Cl.N#Cc1ccc2c(c1)COC2(CCCn1ccnc1)c1ccc(Cl)cc1. The van der Waals surface area contributed by atoms with E-state index in [0.29, 0.717) is 17.2 Å². The second kappa shape index (κ2) is 8.14. The zero-order chi connectivity index (χ0) is 18.0. The van der Waals surface area contributed by atoms with Crippen LogP contribution in [0.15, 0.2) is 61.2 Å². The van der Waals surface area contributed by atoms with Crippen molar-refractivity contribution in [3.05, 3.63) is 88.5 Å². The second-order valence-corrected chi connectivity index (χ2v) is 6.95. The Balaban J connectivity index is 0.00000210. The van der Waals surface area contributed by atoms with Crippen LogP contribution >= 0.6 is 24.0 Å². The number of halogens is 2. The summed E-state index contributed by atoms with van der Waals surface area (Å²) in [5, 5.41) is 9.89. The Bertz CT molecular complexity index is 949. The average Bonchev–Trinajstić information content (AvgIpc) is 3.31. The zero-order valence-corrected chi connectivity index (χ0v) is 16.2. The molecular weight excluding hydrogens is 381 g/mol. The van der Waals surface area contributed by atoms with Gasteiger partial charge in [0.2, 0.25) is 0 Å². The molecule has 1 unspecified atom stereocenters. The van der Waals surface area contributed by atoms with Gasteiger partial charge in [0.1, 0.15) is 5.60 Å². The fourth-order valence-electron chi connectivity index (χ4n) is 3.69. The van der Waals surface area contributed by atoms with Gasteiger partial charge in [-0.3, -0.25) is 0 Å². The minimum Gasteiger partial charge on any atom is -0.361 e. The normalized spacial score (nSPS) is 17.8. The van der Waals surface area contributed by atoms with E-state index in [-0.39, 0.29) is 12.4 Å². The topological polar surface area (TPSA) is 50.8 Å². The number of aromatic nitrogens is 2. The van der Waals surface area contributed by atoms with Crippen LogP contribution in [-0.2, 0) is 23.5 Å². The first-order valence-electron chi connectivity index (χ1n) is 8.60. The molecule has 1 aliphatic heterocycles. The summed E-state index contributed by atoms with van der Waals surface area (Å²) < 4.78 is 8.45. The molecule has 0 bridgehead atoms. The Morgan fingerprint density at radius 1 is 1.22 bits per heavy atom. The number of fused-ring (bicyclic) bond motifs is 1. The van der Waals surface area contributed by atoms with Gasteiger partial charge in [-0.15, -0.1) is 12.4 Å². The van der Waals surface area contributed by atoms with Crippen molar-refractivity contribution in [1.29, 1.82) is 5.26 Å². The van der Waals surface area contributed by atoms with E-state index in [0.717, 1.165) is 36.1 Å². The Morgan fingerprint density at radius 2 is 2.04 bits per heavy atom. The molecule has 0 spiro atoms. The van der Waals surface area contributed by atoms with Gasteiger partial charge in [-0.1, -0.05) is 29.8 Å². The van der Waals surface area contributed by atoms with Crippen LogP contribution in [0.4, 0.5) is 0 Å². The van der Waals surface area contributed by atoms with Crippen LogP contribution < -0.4 is 0 Å². The molecule has 0 fully saturated rings. The highest BCUT2D eigenvalue weighted by Crippen LogP contribution is 2.45. The number of benzene rings is 2. The zero-order valence-electron chi connectivity index (χ0n) is 14.6. The van der Waals surface area contributed by atoms with Gasteiger partial charge in [0.05, 0.1) is 24.6 Å². The lowest BCUT2D eigenvalue weighted by Gasteiger charge is -2.31. The summed E-state index contributed by atoms with van der Waals surface area (Å²) >= 11 is 6.09. The number of nitrogens with zero attached hydrogens (tertiary/aromatic N) is 3. The Morgan fingerprint density at radius 3 is 2.74 bits per heavy atom. The van der Waals surface area contributed by atoms with Gasteiger partial charge in [0, 0.05) is 24.0 Å². The minimum atomic E-state index is -0.505. The lowest BCUT2D eigenvalue weighted by Crippen LogP contribution is -2.27. The van der Waals surface area contributed by atoms with E-state index in [1.807, 2.05) is 55.0 Å². The maximum atomic E-state index is 9.18. The Kier molecular flexibility index (Phi) is 5.86. The summed E-state index contributed by atoms with van der Waals surface area (Å²) in [6, 6.07) is 15.9. The average molecular weight is 400 g/mol. The molecule has 4 nitrogen and oxygen atoms in total. The molecule has 2 heterocycles. The monoisotopic (exact) mass is 399 g/mol. The molecule has 0 saturated heterocycles. The summed E-state index contributed by atoms with van der Waals surface area (Å²) in [5.41, 5.74) is 3.48.